The Bertz CT molecular complexity index is 682. The number of ether oxygens (including phenoxy) is 2. The highest BCUT2D eigenvalue weighted by molar-refractivity contribution is 5.40. The van der Waals surface area contributed by atoms with Crippen LogP contribution in [-0.4, -0.2) is 60.4 Å². The van der Waals surface area contributed by atoms with Crippen molar-refractivity contribution in [2.24, 2.45) is 0 Å². The normalized spacial score (nSPS) is 24.0. The number of fused-ring (bicyclic) bond motifs is 1. The number of hydrogen-bond acceptors (Lipinski definition) is 6. The van der Waals surface area contributed by atoms with Gasteiger partial charge in [-0.2, -0.15) is 4.98 Å². The van der Waals surface area contributed by atoms with Gasteiger partial charge in [0.25, 0.3) is 0 Å². The first-order valence-electron chi connectivity index (χ1n) is 8.34. The standard InChI is InChI=1S/C18H22N4O2/c1-23-18-10-19-9-17(20-18)22-12-15-16(13-22)24-8-7-21(15)11-14-5-3-2-4-6-14/h2-6,9-10,15-16H,7-8,11-13H2,1H3. The maximum Gasteiger partial charge on any atom is 0.233 e. The molecular weight excluding hydrogens is 304 g/mol. The molecular formula is C18H22N4O2. The van der Waals surface area contributed by atoms with E-state index >= 15 is 0 Å². The molecule has 0 aliphatic carbocycles. The molecule has 0 N–H and O–H groups in total. The molecule has 2 unspecified atom stereocenters. The summed E-state index contributed by atoms with van der Waals surface area (Å²) >= 11 is 0. The maximum absolute atomic E-state index is 6.02. The lowest BCUT2D eigenvalue weighted by molar-refractivity contribution is -0.0499. The summed E-state index contributed by atoms with van der Waals surface area (Å²) in [6.07, 6.45) is 3.64. The molecule has 0 saturated carbocycles. The van der Waals surface area contributed by atoms with Crippen LogP contribution in [0.5, 0.6) is 5.88 Å². The second kappa shape index (κ2) is 6.75. The molecule has 2 aromatic rings. The third kappa shape index (κ3) is 3.07. The molecule has 2 aliphatic rings. The highest BCUT2D eigenvalue weighted by Crippen LogP contribution is 2.27. The van der Waals surface area contributed by atoms with Gasteiger partial charge >= 0.3 is 0 Å². The summed E-state index contributed by atoms with van der Waals surface area (Å²) in [7, 11) is 1.61. The van der Waals surface area contributed by atoms with Crippen molar-refractivity contribution in [3.63, 3.8) is 0 Å². The summed E-state index contributed by atoms with van der Waals surface area (Å²) in [5.41, 5.74) is 1.35. The molecule has 6 nitrogen and oxygen atoms in total. The minimum Gasteiger partial charge on any atom is -0.480 e. The lowest BCUT2D eigenvalue weighted by atomic mass is 10.1. The van der Waals surface area contributed by atoms with Crippen LogP contribution in [0.15, 0.2) is 42.7 Å². The van der Waals surface area contributed by atoms with Crippen LogP contribution in [0.25, 0.3) is 0 Å². The number of methoxy groups -OCH3 is 1. The third-order valence-corrected chi connectivity index (χ3v) is 4.78. The molecule has 2 aliphatic heterocycles. The molecule has 1 aromatic heterocycles. The quantitative estimate of drug-likeness (QED) is 0.850. The number of anilines is 1. The van der Waals surface area contributed by atoms with E-state index in [1.807, 2.05) is 0 Å². The SMILES string of the molecule is COc1cncc(N2CC3OCCN(Cc4ccccc4)C3C2)n1. The minimum atomic E-state index is 0.218. The highest BCUT2D eigenvalue weighted by Gasteiger charge is 2.40. The molecule has 0 spiro atoms. The van der Waals surface area contributed by atoms with E-state index in [-0.39, 0.29) is 6.10 Å². The van der Waals surface area contributed by atoms with Crippen molar-refractivity contribution in [2.45, 2.75) is 18.7 Å². The Hall–Kier alpha value is -2.18. The summed E-state index contributed by atoms with van der Waals surface area (Å²) < 4.78 is 11.2. The topological polar surface area (TPSA) is 50.7 Å². The third-order valence-electron chi connectivity index (χ3n) is 4.78. The van der Waals surface area contributed by atoms with E-state index in [9.17, 15) is 0 Å². The van der Waals surface area contributed by atoms with Gasteiger partial charge in [0.2, 0.25) is 5.88 Å². The van der Waals surface area contributed by atoms with E-state index in [1.165, 1.54) is 5.56 Å². The fourth-order valence-electron chi connectivity index (χ4n) is 3.55. The van der Waals surface area contributed by atoms with Gasteiger partial charge in [-0.05, 0) is 5.56 Å². The van der Waals surface area contributed by atoms with Crippen LogP contribution in [0.1, 0.15) is 5.56 Å². The summed E-state index contributed by atoms with van der Waals surface area (Å²) in [5.74, 6) is 1.40. The van der Waals surface area contributed by atoms with Crippen molar-refractivity contribution < 1.29 is 9.47 Å². The van der Waals surface area contributed by atoms with Crippen molar-refractivity contribution in [1.29, 1.82) is 0 Å². The van der Waals surface area contributed by atoms with Crippen LogP contribution >= 0.6 is 0 Å². The van der Waals surface area contributed by atoms with Crippen molar-refractivity contribution in [2.75, 3.05) is 38.3 Å². The molecule has 0 radical (unpaired) electrons. The molecule has 2 fully saturated rings. The van der Waals surface area contributed by atoms with E-state index in [0.717, 1.165) is 38.6 Å². The Labute approximate surface area is 142 Å². The fraction of sp³-hybridized carbons (Fsp3) is 0.444. The molecule has 126 valence electrons. The average Bonchev–Trinajstić information content (AvgIpc) is 3.08. The van der Waals surface area contributed by atoms with E-state index in [0.29, 0.717) is 11.9 Å². The van der Waals surface area contributed by atoms with E-state index < -0.39 is 0 Å². The van der Waals surface area contributed by atoms with E-state index in [4.69, 9.17) is 9.47 Å². The second-order valence-corrected chi connectivity index (χ2v) is 6.26. The second-order valence-electron chi connectivity index (χ2n) is 6.26. The molecule has 4 rings (SSSR count). The van der Waals surface area contributed by atoms with Gasteiger partial charge < -0.3 is 14.4 Å². The van der Waals surface area contributed by atoms with Gasteiger partial charge in [-0.3, -0.25) is 9.88 Å². The number of rotatable bonds is 4. The Morgan fingerprint density at radius 2 is 2.08 bits per heavy atom. The number of benzene rings is 1. The van der Waals surface area contributed by atoms with Gasteiger partial charge in [-0.1, -0.05) is 30.3 Å². The maximum atomic E-state index is 6.02. The zero-order chi connectivity index (χ0) is 16.4. The Morgan fingerprint density at radius 3 is 2.92 bits per heavy atom. The van der Waals surface area contributed by atoms with Crippen LogP contribution in [0.2, 0.25) is 0 Å². The molecule has 0 amide bonds. The van der Waals surface area contributed by atoms with E-state index in [2.05, 4.69) is 50.1 Å². The van der Waals surface area contributed by atoms with E-state index in [1.54, 1.807) is 19.5 Å². The lowest BCUT2D eigenvalue weighted by Crippen LogP contribution is -2.50. The van der Waals surface area contributed by atoms with Crippen LogP contribution in [0.4, 0.5) is 5.82 Å². The van der Waals surface area contributed by atoms with Gasteiger partial charge in [-0.25, -0.2) is 0 Å². The summed E-state index contributed by atoms with van der Waals surface area (Å²) in [6, 6.07) is 11.0. The van der Waals surface area contributed by atoms with Crippen LogP contribution in [-0.2, 0) is 11.3 Å². The molecule has 3 heterocycles. The zero-order valence-corrected chi connectivity index (χ0v) is 13.8. The molecule has 1 aromatic carbocycles. The summed E-state index contributed by atoms with van der Waals surface area (Å²) in [4.78, 5) is 13.5. The van der Waals surface area contributed by atoms with Crippen molar-refractivity contribution in [3.8, 4) is 5.88 Å². The molecule has 6 heteroatoms. The lowest BCUT2D eigenvalue weighted by Gasteiger charge is -2.36. The molecule has 2 saturated heterocycles. The van der Waals surface area contributed by atoms with Crippen molar-refractivity contribution >= 4 is 5.82 Å². The van der Waals surface area contributed by atoms with Gasteiger partial charge in [0.15, 0.2) is 5.82 Å². The first-order chi connectivity index (χ1) is 11.8. The Balaban J connectivity index is 1.49. The largest absolute Gasteiger partial charge is 0.480 e. The van der Waals surface area contributed by atoms with Crippen molar-refractivity contribution in [3.05, 3.63) is 48.3 Å². The summed E-state index contributed by atoms with van der Waals surface area (Å²) in [5, 5.41) is 0. The fourth-order valence-corrected chi connectivity index (χ4v) is 3.55. The number of nitrogens with zero attached hydrogens (tertiary/aromatic N) is 4. The predicted molar refractivity (Wildman–Crippen MR) is 91.2 cm³/mol. The predicted octanol–water partition coefficient (Wildman–Crippen LogP) is 1.57. The number of aromatic nitrogens is 2. The number of hydrogen-bond donors (Lipinski definition) is 0. The smallest absolute Gasteiger partial charge is 0.233 e. The molecule has 24 heavy (non-hydrogen) atoms. The minimum absolute atomic E-state index is 0.218. The zero-order valence-electron chi connectivity index (χ0n) is 13.8. The molecule has 2 atom stereocenters. The average molecular weight is 326 g/mol. The van der Waals surface area contributed by atoms with Crippen LogP contribution in [0.3, 0.4) is 0 Å². The number of morpholine rings is 1. The van der Waals surface area contributed by atoms with Crippen molar-refractivity contribution in [1.82, 2.24) is 14.9 Å². The van der Waals surface area contributed by atoms with Gasteiger partial charge in [-0.15, -0.1) is 0 Å². The Morgan fingerprint density at radius 1 is 1.21 bits per heavy atom. The Kier molecular flexibility index (Phi) is 4.32. The monoisotopic (exact) mass is 326 g/mol. The first kappa shape index (κ1) is 15.4. The van der Waals surface area contributed by atoms with Gasteiger partial charge in [0, 0.05) is 26.2 Å². The summed E-state index contributed by atoms with van der Waals surface area (Å²) in [6.45, 7) is 4.46. The van der Waals surface area contributed by atoms with Gasteiger partial charge in [0.1, 0.15) is 0 Å². The molecule has 0 bridgehead atoms. The van der Waals surface area contributed by atoms with Crippen LogP contribution in [0, 0.1) is 0 Å². The highest BCUT2D eigenvalue weighted by atomic mass is 16.5. The first-order valence-corrected chi connectivity index (χ1v) is 8.34. The van der Waals surface area contributed by atoms with Gasteiger partial charge in [0.05, 0.1) is 38.3 Å². The van der Waals surface area contributed by atoms with Crippen LogP contribution < -0.4 is 9.64 Å².